The molecule has 39 heavy (non-hydrogen) atoms. The minimum atomic E-state index is -4.54. The number of amides is 2. The predicted molar refractivity (Wildman–Crippen MR) is 142 cm³/mol. The van der Waals surface area contributed by atoms with Crippen LogP contribution in [0.5, 0.6) is 0 Å². The van der Waals surface area contributed by atoms with E-state index in [0.29, 0.717) is 56.4 Å². The third-order valence-electron chi connectivity index (χ3n) is 7.50. The Hall–Kier alpha value is -3.56. The third kappa shape index (κ3) is 5.46. The molecule has 1 saturated heterocycles. The molecule has 2 amide bonds. The fraction of sp³-hybridized carbons (Fsp3) is 0.448. The Morgan fingerprint density at radius 2 is 1.77 bits per heavy atom. The number of hydrogen-bond donors (Lipinski definition) is 0. The first-order chi connectivity index (χ1) is 18.5. The first-order valence-corrected chi connectivity index (χ1v) is 13.3. The van der Waals surface area contributed by atoms with Crippen molar-refractivity contribution >= 4 is 17.5 Å². The van der Waals surface area contributed by atoms with E-state index in [1.165, 1.54) is 23.1 Å². The molecular formula is C29H33F4N5O. The molecular weight excluding hydrogens is 510 g/mol. The number of hydrogen-bond acceptors (Lipinski definition) is 3. The fourth-order valence-electron chi connectivity index (χ4n) is 5.71. The second-order valence-electron chi connectivity index (χ2n) is 10.9. The van der Waals surface area contributed by atoms with Crippen LogP contribution in [0.15, 0.2) is 48.7 Å². The number of alkyl halides is 3. The third-order valence-corrected chi connectivity index (χ3v) is 7.50. The number of carbonyl (C=O) groups excluding carboxylic acids is 1. The van der Waals surface area contributed by atoms with E-state index >= 15 is 0 Å². The molecule has 10 heteroatoms. The summed E-state index contributed by atoms with van der Waals surface area (Å²) in [5.41, 5.74) is 1.52. The van der Waals surface area contributed by atoms with Gasteiger partial charge in [-0.05, 0) is 48.9 Å². The maximum absolute atomic E-state index is 14.6. The number of nitrogens with zero attached hydrogens (tertiary/aromatic N) is 5. The van der Waals surface area contributed by atoms with Crippen molar-refractivity contribution in [2.45, 2.75) is 65.5 Å². The highest BCUT2D eigenvalue weighted by atomic mass is 19.4. The molecule has 0 atom stereocenters. The van der Waals surface area contributed by atoms with E-state index in [0.717, 1.165) is 17.2 Å². The summed E-state index contributed by atoms with van der Waals surface area (Å²) in [6.07, 6.45) is -1.38. The van der Waals surface area contributed by atoms with Crippen LogP contribution in [0.1, 0.15) is 48.9 Å². The molecule has 0 bridgehead atoms. The first kappa shape index (κ1) is 27.0. The van der Waals surface area contributed by atoms with Crippen molar-refractivity contribution in [3.63, 3.8) is 0 Å². The standard InChI is InChI=1S/C29H33F4N5O/c1-19(2)15-36-16-22-18-37(23-11-13-35(14-12-23)26-20(3)7-6-10-25(26)30)28(39)38(27(22)34-36)17-21-8-4-5-9-24(21)29(31,32)33/h4-10,16,19,23H,11-15,17-18H2,1-3H3. The summed E-state index contributed by atoms with van der Waals surface area (Å²) in [4.78, 5) is 19.0. The number of benzene rings is 2. The summed E-state index contributed by atoms with van der Waals surface area (Å²) in [7, 11) is 0. The number of halogens is 4. The van der Waals surface area contributed by atoms with Crippen molar-refractivity contribution in [2.24, 2.45) is 5.92 Å². The summed E-state index contributed by atoms with van der Waals surface area (Å²) in [5.74, 6) is 0.455. The fourth-order valence-corrected chi connectivity index (χ4v) is 5.71. The topological polar surface area (TPSA) is 44.6 Å². The van der Waals surface area contributed by atoms with E-state index in [4.69, 9.17) is 0 Å². The summed E-state index contributed by atoms with van der Waals surface area (Å²) >= 11 is 0. The van der Waals surface area contributed by atoms with Crippen LogP contribution >= 0.6 is 0 Å². The van der Waals surface area contributed by atoms with Crippen molar-refractivity contribution < 1.29 is 22.4 Å². The molecule has 0 N–H and O–H groups in total. The molecule has 0 saturated carbocycles. The Labute approximate surface area is 225 Å². The molecule has 2 aromatic carbocycles. The van der Waals surface area contributed by atoms with Gasteiger partial charge in [-0.25, -0.2) is 9.18 Å². The Bertz CT molecular complexity index is 1320. The maximum atomic E-state index is 14.6. The Morgan fingerprint density at radius 3 is 2.44 bits per heavy atom. The van der Waals surface area contributed by atoms with Crippen LogP contribution in [-0.2, 0) is 25.8 Å². The largest absolute Gasteiger partial charge is 0.416 e. The van der Waals surface area contributed by atoms with Crippen molar-refractivity contribution in [2.75, 3.05) is 22.9 Å². The zero-order chi connectivity index (χ0) is 27.9. The van der Waals surface area contributed by atoms with E-state index in [1.54, 1.807) is 21.7 Å². The minimum absolute atomic E-state index is 0.0226. The number of para-hydroxylation sites is 1. The van der Waals surface area contributed by atoms with Gasteiger partial charge in [0.15, 0.2) is 5.82 Å². The molecule has 1 fully saturated rings. The Kier molecular flexibility index (Phi) is 7.31. The number of carbonyl (C=O) groups is 1. The molecule has 0 spiro atoms. The van der Waals surface area contributed by atoms with Crippen LogP contribution in [0.25, 0.3) is 0 Å². The smallest absolute Gasteiger partial charge is 0.369 e. The molecule has 3 aromatic rings. The number of piperidine rings is 1. The summed E-state index contributed by atoms with van der Waals surface area (Å²) < 4.78 is 57.7. The van der Waals surface area contributed by atoms with Gasteiger partial charge in [-0.1, -0.05) is 44.2 Å². The number of aromatic nitrogens is 2. The highest BCUT2D eigenvalue weighted by Crippen LogP contribution is 2.37. The molecule has 208 valence electrons. The minimum Gasteiger partial charge on any atom is -0.369 e. The van der Waals surface area contributed by atoms with Crippen LogP contribution in [0, 0.1) is 18.7 Å². The molecule has 0 aliphatic carbocycles. The van der Waals surface area contributed by atoms with Gasteiger partial charge in [0.25, 0.3) is 0 Å². The van der Waals surface area contributed by atoms with Gasteiger partial charge in [0, 0.05) is 37.4 Å². The quantitative estimate of drug-likeness (QED) is 0.329. The Balaban J connectivity index is 1.42. The SMILES string of the molecule is Cc1cccc(F)c1N1CCC(N2Cc3cn(CC(C)C)nc3N(Cc3ccccc3C(F)(F)F)C2=O)CC1. The van der Waals surface area contributed by atoms with Gasteiger partial charge in [0.1, 0.15) is 5.82 Å². The molecule has 0 radical (unpaired) electrons. The van der Waals surface area contributed by atoms with Gasteiger partial charge in [-0.2, -0.15) is 18.3 Å². The maximum Gasteiger partial charge on any atom is 0.416 e. The lowest BCUT2D eigenvalue weighted by Crippen LogP contribution is -2.54. The summed E-state index contributed by atoms with van der Waals surface area (Å²) in [6.45, 7) is 7.89. The molecule has 0 unspecified atom stereocenters. The normalized spacial score (nSPS) is 16.8. The molecule has 3 heterocycles. The van der Waals surface area contributed by atoms with Crippen LogP contribution < -0.4 is 9.80 Å². The van der Waals surface area contributed by atoms with Crippen molar-refractivity contribution in [3.8, 4) is 0 Å². The second-order valence-corrected chi connectivity index (χ2v) is 10.9. The van der Waals surface area contributed by atoms with E-state index in [-0.39, 0.29) is 30.0 Å². The van der Waals surface area contributed by atoms with Gasteiger partial charge in [0.2, 0.25) is 0 Å². The number of aryl methyl sites for hydroxylation is 1. The molecule has 2 aliphatic rings. The molecule has 6 nitrogen and oxygen atoms in total. The zero-order valence-corrected chi connectivity index (χ0v) is 22.4. The second kappa shape index (κ2) is 10.5. The van der Waals surface area contributed by atoms with E-state index in [1.807, 2.05) is 24.1 Å². The number of urea groups is 1. The van der Waals surface area contributed by atoms with Gasteiger partial charge in [0.05, 0.1) is 24.3 Å². The average Bonchev–Trinajstić information content (AvgIpc) is 3.27. The van der Waals surface area contributed by atoms with Crippen molar-refractivity contribution in [1.82, 2.24) is 14.7 Å². The van der Waals surface area contributed by atoms with Gasteiger partial charge < -0.3 is 9.80 Å². The Morgan fingerprint density at radius 1 is 1.05 bits per heavy atom. The lowest BCUT2D eigenvalue weighted by molar-refractivity contribution is -0.138. The zero-order valence-electron chi connectivity index (χ0n) is 22.4. The molecule has 2 aliphatic heterocycles. The summed E-state index contributed by atoms with van der Waals surface area (Å²) in [6, 6.07) is 9.91. The van der Waals surface area contributed by atoms with Gasteiger partial charge in [-0.15, -0.1) is 0 Å². The van der Waals surface area contributed by atoms with E-state index < -0.39 is 11.7 Å². The van der Waals surface area contributed by atoms with Crippen LogP contribution in [0.2, 0.25) is 0 Å². The lowest BCUT2D eigenvalue weighted by Gasteiger charge is -2.43. The highest BCUT2D eigenvalue weighted by molar-refractivity contribution is 5.94. The monoisotopic (exact) mass is 543 g/mol. The van der Waals surface area contributed by atoms with Crippen molar-refractivity contribution in [3.05, 3.63) is 76.7 Å². The average molecular weight is 544 g/mol. The molecule has 5 rings (SSSR count). The molecule has 1 aromatic heterocycles. The van der Waals surface area contributed by atoms with Crippen LogP contribution in [0.4, 0.5) is 33.9 Å². The van der Waals surface area contributed by atoms with Crippen LogP contribution in [-0.4, -0.2) is 39.8 Å². The number of fused-ring (bicyclic) bond motifs is 1. The number of anilines is 2. The van der Waals surface area contributed by atoms with Crippen LogP contribution in [0.3, 0.4) is 0 Å². The lowest BCUT2D eigenvalue weighted by atomic mass is 10.00. The van der Waals surface area contributed by atoms with Gasteiger partial charge in [-0.3, -0.25) is 9.58 Å². The van der Waals surface area contributed by atoms with Gasteiger partial charge >= 0.3 is 12.2 Å². The number of rotatable bonds is 6. The highest BCUT2D eigenvalue weighted by Gasteiger charge is 2.40. The van der Waals surface area contributed by atoms with E-state index in [2.05, 4.69) is 18.9 Å². The first-order valence-electron chi connectivity index (χ1n) is 13.3. The predicted octanol–water partition coefficient (Wildman–Crippen LogP) is 6.62. The van der Waals surface area contributed by atoms with Crippen molar-refractivity contribution in [1.29, 1.82) is 0 Å². The van der Waals surface area contributed by atoms with E-state index in [9.17, 15) is 22.4 Å². The summed E-state index contributed by atoms with van der Waals surface area (Å²) in [5, 5.41) is 4.63.